The van der Waals surface area contributed by atoms with Crippen LogP contribution in [0.4, 0.5) is 21.9 Å². The second kappa shape index (κ2) is 11.2. The summed E-state index contributed by atoms with van der Waals surface area (Å²) in [5, 5.41) is 6.71. The van der Waals surface area contributed by atoms with Gasteiger partial charge in [-0.05, 0) is 55.3 Å². The minimum absolute atomic E-state index is 0.0108. The quantitative estimate of drug-likeness (QED) is 0.291. The molecule has 1 fully saturated rings. The molecule has 4 aromatic rings. The first kappa shape index (κ1) is 26.7. The number of benzene rings is 2. The molecular formula is C30H29N5O5S. The van der Waals surface area contributed by atoms with Gasteiger partial charge in [0, 0.05) is 32.4 Å². The lowest BCUT2D eigenvalue weighted by Gasteiger charge is -2.29. The van der Waals surface area contributed by atoms with Crippen molar-refractivity contribution < 1.29 is 23.9 Å². The van der Waals surface area contributed by atoms with Crippen LogP contribution in [0.1, 0.15) is 28.1 Å². The first-order valence-electron chi connectivity index (χ1n) is 13.4. The Balaban J connectivity index is 1.25. The van der Waals surface area contributed by atoms with E-state index in [2.05, 4.69) is 15.6 Å². The van der Waals surface area contributed by atoms with Crippen LogP contribution in [0.5, 0.6) is 11.5 Å². The van der Waals surface area contributed by atoms with E-state index in [9.17, 15) is 14.4 Å². The molecule has 11 heteroatoms. The third kappa shape index (κ3) is 5.21. The number of pyridine rings is 1. The van der Waals surface area contributed by atoms with E-state index in [1.165, 1.54) is 11.3 Å². The fraction of sp³-hybridized carbons (Fsp3) is 0.267. The Kier molecular flexibility index (Phi) is 7.29. The zero-order valence-corrected chi connectivity index (χ0v) is 23.5. The summed E-state index contributed by atoms with van der Waals surface area (Å²) in [7, 11) is 1.56. The van der Waals surface area contributed by atoms with Gasteiger partial charge in [0.15, 0.2) is 0 Å². The molecule has 2 aromatic heterocycles. The molecule has 6 rings (SSSR count). The molecule has 210 valence electrons. The molecule has 4 amide bonds. The van der Waals surface area contributed by atoms with Gasteiger partial charge < -0.3 is 25.0 Å². The molecule has 2 N–H and O–H groups in total. The lowest BCUT2D eigenvalue weighted by Crippen LogP contribution is -2.39. The number of thiophene rings is 1. The van der Waals surface area contributed by atoms with Gasteiger partial charge in [0.1, 0.15) is 21.2 Å². The molecule has 2 aliphatic rings. The molecular weight excluding hydrogens is 542 g/mol. The molecule has 2 aromatic carbocycles. The van der Waals surface area contributed by atoms with Crippen molar-refractivity contribution in [3.8, 4) is 11.5 Å². The van der Waals surface area contributed by atoms with Crippen molar-refractivity contribution in [2.75, 3.05) is 37.0 Å². The third-order valence-corrected chi connectivity index (χ3v) is 8.33. The van der Waals surface area contributed by atoms with Crippen LogP contribution >= 0.6 is 11.3 Å². The molecule has 1 saturated heterocycles. The highest BCUT2D eigenvalue weighted by Gasteiger charge is 2.34. The van der Waals surface area contributed by atoms with Crippen LogP contribution in [0.3, 0.4) is 0 Å². The van der Waals surface area contributed by atoms with Crippen LogP contribution in [0.2, 0.25) is 0 Å². The molecule has 0 spiro atoms. The Hall–Kier alpha value is -4.48. The van der Waals surface area contributed by atoms with E-state index in [4.69, 9.17) is 9.47 Å². The number of likely N-dealkylation sites (tertiary alicyclic amines) is 1. The van der Waals surface area contributed by atoms with E-state index in [0.29, 0.717) is 70.4 Å². The molecule has 0 unspecified atom stereocenters. The smallest absolute Gasteiger partial charge is 0.331 e. The van der Waals surface area contributed by atoms with Gasteiger partial charge in [-0.25, -0.2) is 9.78 Å². The Bertz CT molecular complexity index is 1640. The highest BCUT2D eigenvalue weighted by atomic mass is 32.1. The lowest BCUT2D eigenvalue weighted by molar-refractivity contribution is -0.131. The van der Waals surface area contributed by atoms with Crippen molar-refractivity contribution in [1.82, 2.24) is 15.2 Å². The average Bonchev–Trinajstić information content (AvgIpc) is 3.59. The topological polar surface area (TPSA) is 113 Å². The number of urea groups is 1. The summed E-state index contributed by atoms with van der Waals surface area (Å²) < 4.78 is 11.0. The minimum Gasteiger partial charge on any atom is -0.457 e. The van der Waals surface area contributed by atoms with Gasteiger partial charge in [0.2, 0.25) is 5.91 Å². The van der Waals surface area contributed by atoms with Crippen LogP contribution in [0.25, 0.3) is 10.2 Å². The maximum atomic E-state index is 13.5. The number of carbonyl (C=O) groups excluding carboxylic acids is 3. The molecule has 1 atom stereocenters. The lowest BCUT2D eigenvalue weighted by atomic mass is 10.1. The molecule has 41 heavy (non-hydrogen) atoms. The van der Waals surface area contributed by atoms with E-state index in [-0.39, 0.29) is 23.9 Å². The van der Waals surface area contributed by atoms with Crippen molar-refractivity contribution in [2.45, 2.75) is 25.8 Å². The summed E-state index contributed by atoms with van der Waals surface area (Å²) in [6.07, 6.45) is 2.63. The van der Waals surface area contributed by atoms with Crippen molar-refractivity contribution in [2.24, 2.45) is 0 Å². The molecule has 0 bridgehead atoms. The number of aryl methyl sites for hydroxylation is 1. The number of nitrogens with zero attached hydrogens (tertiary/aromatic N) is 3. The molecule has 0 radical (unpaired) electrons. The highest BCUT2D eigenvalue weighted by Crippen LogP contribution is 2.46. The minimum atomic E-state index is -0.368. The number of rotatable bonds is 8. The summed E-state index contributed by atoms with van der Waals surface area (Å²) in [4.78, 5) is 48.2. The van der Waals surface area contributed by atoms with Gasteiger partial charge in [-0.1, -0.05) is 18.2 Å². The predicted molar refractivity (Wildman–Crippen MR) is 157 cm³/mol. The predicted octanol–water partition coefficient (Wildman–Crippen LogP) is 5.45. The third-order valence-electron chi connectivity index (χ3n) is 7.24. The van der Waals surface area contributed by atoms with Gasteiger partial charge >= 0.3 is 6.03 Å². The monoisotopic (exact) mass is 571 g/mol. The number of hydrogen-bond acceptors (Lipinski definition) is 7. The van der Waals surface area contributed by atoms with E-state index in [1.807, 2.05) is 55.5 Å². The van der Waals surface area contributed by atoms with Crippen LogP contribution in [-0.4, -0.2) is 60.6 Å². The molecule has 0 aliphatic carbocycles. The highest BCUT2D eigenvalue weighted by molar-refractivity contribution is 7.21. The maximum absolute atomic E-state index is 13.5. The Labute approximate surface area is 240 Å². The Morgan fingerprint density at radius 2 is 1.95 bits per heavy atom. The van der Waals surface area contributed by atoms with Crippen molar-refractivity contribution in [3.05, 3.63) is 71.2 Å². The Morgan fingerprint density at radius 1 is 1.12 bits per heavy atom. The molecule has 0 saturated carbocycles. The van der Waals surface area contributed by atoms with Crippen molar-refractivity contribution in [3.63, 3.8) is 0 Å². The number of ether oxygens (including phenoxy) is 2. The standard InChI is InChI=1S/C30H29N5O5S/c1-18-16-21(40-20-6-4-3-5-7-20)8-9-22(18)35-23-10-13-31-29-25(23)26(33-30(35)38)27(41-29)28(37)32-19-11-14-34(17-19)24(36)12-15-39-2/h3-10,13,16,19H,11-12,14-15,17H2,1-2H3,(H,32,37)(H,33,38)/t19-/m1/s1. The van der Waals surface area contributed by atoms with E-state index in [0.717, 1.165) is 11.3 Å². The number of para-hydroxylation sites is 1. The van der Waals surface area contributed by atoms with Gasteiger partial charge in [-0.2, -0.15) is 0 Å². The van der Waals surface area contributed by atoms with Gasteiger partial charge in [0.25, 0.3) is 5.91 Å². The number of methoxy groups -OCH3 is 1. The average molecular weight is 572 g/mol. The summed E-state index contributed by atoms with van der Waals surface area (Å²) in [5.74, 6) is 1.10. The number of hydrogen-bond donors (Lipinski definition) is 2. The number of aromatic nitrogens is 1. The normalized spacial score (nSPS) is 16.1. The van der Waals surface area contributed by atoms with Gasteiger partial charge in [0.05, 0.1) is 35.5 Å². The number of amides is 4. The Morgan fingerprint density at radius 3 is 2.73 bits per heavy atom. The molecule has 10 nitrogen and oxygen atoms in total. The van der Waals surface area contributed by atoms with Crippen LogP contribution in [0.15, 0.2) is 60.8 Å². The summed E-state index contributed by atoms with van der Waals surface area (Å²) in [6, 6.07) is 16.3. The second-order valence-corrected chi connectivity index (χ2v) is 11.0. The number of carbonyl (C=O) groups is 3. The molecule has 4 heterocycles. The zero-order chi connectivity index (χ0) is 28.5. The fourth-order valence-corrected chi connectivity index (χ4v) is 6.28. The summed E-state index contributed by atoms with van der Waals surface area (Å²) in [6.45, 7) is 3.32. The van der Waals surface area contributed by atoms with Crippen LogP contribution in [0, 0.1) is 6.92 Å². The maximum Gasteiger partial charge on any atom is 0.331 e. The van der Waals surface area contributed by atoms with E-state index < -0.39 is 0 Å². The number of nitrogens with one attached hydrogen (secondary N) is 2. The van der Waals surface area contributed by atoms with E-state index in [1.54, 1.807) is 29.2 Å². The molecule has 2 aliphatic heterocycles. The van der Waals surface area contributed by atoms with Crippen LogP contribution in [-0.2, 0) is 9.53 Å². The van der Waals surface area contributed by atoms with Crippen LogP contribution < -0.4 is 20.3 Å². The van der Waals surface area contributed by atoms with Crippen molar-refractivity contribution in [1.29, 1.82) is 0 Å². The zero-order valence-electron chi connectivity index (χ0n) is 22.7. The summed E-state index contributed by atoms with van der Waals surface area (Å²) in [5.41, 5.74) is 2.66. The fourth-order valence-electron chi connectivity index (χ4n) is 5.25. The first-order valence-corrected chi connectivity index (χ1v) is 14.2. The largest absolute Gasteiger partial charge is 0.457 e. The summed E-state index contributed by atoms with van der Waals surface area (Å²) >= 11 is 1.24. The van der Waals surface area contributed by atoms with Gasteiger partial charge in [-0.3, -0.25) is 14.5 Å². The SMILES string of the molecule is COCCC(=O)N1CC[C@@H](NC(=O)c2sc3nccc4c3c2NC(=O)N4c2ccc(Oc3ccccc3)cc2C)C1. The van der Waals surface area contributed by atoms with E-state index >= 15 is 0 Å². The van der Waals surface area contributed by atoms with Crippen molar-refractivity contribution >= 4 is 56.5 Å². The second-order valence-electron chi connectivity index (χ2n) is 9.99. The first-order chi connectivity index (χ1) is 19.9. The number of anilines is 3. The van der Waals surface area contributed by atoms with Gasteiger partial charge in [-0.15, -0.1) is 11.3 Å².